The largest absolute Gasteiger partial charge is 0.497 e. The number of nitrogens with one attached hydrogen (secondary N) is 2. The van der Waals surface area contributed by atoms with Crippen LogP contribution in [0.15, 0.2) is 54.6 Å². The Labute approximate surface area is 170 Å². The van der Waals surface area contributed by atoms with Crippen LogP contribution >= 0.6 is 0 Å². The van der Waals surface area contributed by atoms with E-state index >= 15 is 0 Å². The summed E-state index contributed by atoms with van der Waals surface area (Å²) >= 11 is 0. The molecule has 2 aromatic carbocycles. The van der Waals surface area contributed by atoms with E-state index in [4.69, 9.17) is 4.74 Å². The first kappa shape index (κ1) is 20.1. The normalized spacial score (nSPS) is 10.3. The van der Waals surface area contributed by atoms with E-state index in [-0.39, 0.29) is 12.5 Å². The van der Waals surface area contributed by atoms with E-state index in [1.807, 2.05) is 61.5 Å². The van der Waals surface area contributed by atoms with Crippen molar-refractivity contribution in [3.63, 3.8) is 0 Å². The highest BCUT2D eigenvalue weighted by molar-refractivity contribution is 5.74. The molecule has 0 aliphatic rings. The van der Waals surface area contributed by atoms with Gasteiger partial charge in [0.2, 0.25) is 0 Å². The Morgan fingerprint density at radius 3 is 2.62 bits per heavy atom. The van der Waals surface area contributed by atoms with Crippen LogP contribution in [-0.4, -0.2) is 36.7 Å². The molecule has 2 N–H and O–H groups in total. The first-order valence-electron chi connectivity index (χ1n) is 9.21. The van der Waals surface area contributed by atoms with Gasteiger partial charge in [0.1, 0.15) is 23.9 Å². The number of methoxy groups -OCH3 is 2. The van der Waals surface area contributed by atoms with Crippen molar-refractivity contribution in [1.82, 2.24) is 9.97 Å². The molecule has 3 aromatic rings. The molecule has 0 spiro atoms. The van der Waals surface area contributed by atoms with Crippen LogP contribution in [0, 0.1) is 6.92 Å². The van der Waals surface area contributed by atoms with Gasteiger partial charge in [-0.25, -0.2) is 9.97 Å². The number of ether oxygens (including phenoxy) is 2. The summed E-state index contributed by atoms with van der Waals surface area (Å²) in [6.45, 7) is 2.58. The highest BCUT2D eigenvalue weighted by Crippen LogP contribution is 2.24. The zero-order chi connectivity index (χ0) is 20.6. The second-order valence-electron chi connectivity index (χ2n) is 6.40. The molecule has 0 saturated heterocycles. The molecule has 1 aromatic heterocycles. The molecule has 29 heavy (non-hydrogen) atoms. The fraction of sp³-hybridized carbons (Fsp3) is 0.227. The molecular formula is C22H24N4O3. The Balaban J connectivity index is 1.71. The molecule has 0 amide bonds. The van der Waals surface area contributed by atoms with Crippen LogP contribution in [-0.2, 0) is 16.1 Å². The molecule has 7 nitrogen and oxygen atoms in total. The number of hydrogen-bond acceptors (Lipinski definition) is 7. The summed E-state index contributed by atoms with van der Waals surface area (Å²) in [5.74, 6) is 1.89. The molecule has 0 aliphatic carbocycles. The fourth-order valence-corrected chi connectivity index (χ4v) is 2.82. The van der Waals surface area contributed by atoms with E-state index in [2.05, 4.69) is 25.3 Å². The summed E-state index contributed by atoms with van der Waals surface area (Å²) in [6.07, 6.45) is 0. The van der Waals surface area contributed by atoms with Gasteiger partial charge in [-0.2, -0.15) is 0 Å². The van der Waals surface area contributed by atoms with Gasteiger partial charge < -0.3 is 20.1 Å². The van der Waals surface area contributed by atoms with E-state index < -0.39 is 0 Å². The molecule has 0 unspecified atom stereocenters. The van der Waals surface area contributed by atoms with Crippen molar-refractivity contribution in [2.75, 3.05) is 31.4 Å². The van der Waals surface area contributed by atoms with Crippen molar-refractivity contribution in [2.24, 2.45) is 0 Å². The molecule has 7 heteroatoms. The summed E-state index contributed by atoms with van der Waals surface area (Å²) in [7, 11) is 3.01. The highest BCUT2D eigenvalue weighted by Gasteiger charge is 2.06. The summed E-state index contributed by atoms with van der Waals surface area (Å²) in [4.78, 5) is 20.3. The predicted molar refractivity (Wildman–Crippen MR) is 113 cm³/mol. The minimum atomic E-state index is -0.310. The number of carbonyl (C=O) groups is 1. The van der Waals surface area contributed by atoms with Gasteiger partial charge in [-0.1, -0.05) is 24.3 Å². The van der Waals surface area contributed by atoms with E-state index in [1.165, 1.54) is 7.11 Å². The van der Waals surface area contributed by atoms with Crippen molar-refractivity contribution in [3.05, 3.63) is 66.0 Å². The Kier molecular flexibility index (Phi) is 6.63. The molecule has 150 valence electrons. The molecule has 0 saturated carbocycles. The summed E-state index contributed by atoms with van der Waals surface area (Å²) in [5, 5.41) is 6.39. The lowest BCUT2D eigenvalue weighted by molar-refractivity contribution is -0.138. The van der Waals surface area contributed by atoms with E-state index in [1.54, 1.807) is 7.11 Å². The lowest BCUT2D eigenvalue weighted by atomic mass is 10.1. The number of aryl methyl sites for hydroxylation is 1. The zero-order valence-corrected chi connectivity index (χ0v) is 16.7. The number of benzene rings is 2. The van der Waals surface area contributed by atoms with Crippen LogP contribution in [0.1, 0.15) is 11.4 Å². The molecule has 0 aliphatic heterocycles. The Morgan fingerprint density at radius 2 is 1.83 bits per heavy atom. The standard InChI is InChI=1S/C22H24N4O3/c1-15-25-20(17-7-5-9-19(11-17)28-2)12-21(26-15)24-13-16-6-4-8-18(10-16)23-14-22(27)29-3/h4-12,23H,13-14H2,1-3H3,(H,24,25,26). The van der Waals surface area contributed by atoms with Crippen molar-refractivity contribution in [1.29, 1.82) is 0 Å². The van der Waals surface area contributed by atoms with Gasteiger partial charge in [-0.05, 0) is 36.8 Å². The maximum Gasteiger partial charge on any atom is 0.325 e. The first-order valence-corrected chi connectivity index (χ1v) is 9.21. The Bertz CT molecular complexity index is 991. The van der Waals surface area contributed by atoms with Crippen molar-refractivity contribution in [2.45, 2.75) is 13.5 Å². The third-order valence-corrected chi connectivity index (χ3v) is 4.27. The SMILES string of the molecule is COC(=O)CNc1cccc(CNc2cc(-c3cccc(OC)c3)nc(C)n2)c1. The number of anilines is 2. The molecule has 0 radical (unpaired) electrons. The highest BCUT2D eigenvalue weighted by atomic mass is 16.5. The van der Waals surface area contributed by atoms with Crippen LogP contribution in [0.5, 0.6) is 5.75 Å². The molecule has 0 fully saturated rings. The van der Waals surface area contributed by atoms with Gasteiger partial charge in [-0.15, -0.1) is 0 Å². The molecule has 0 atom stereocenters. The lowest BCUT2D eigenvalue weighted by Gasteiger charge is -2.11. The molecule has 3 rings (SSSR count). The second kappa shape index (κ2) is 9.54. The van der Waals surface area contributed by atoms with E-state index in [9.17, 15) is 4.79 Å². The van der Waals surface area contributed by atoms with Crippen LogP contribution in [0.3, 0.4) is 0 Å². The lowest BCUT2D eigenvalue weighted by Crippen LogP contribution is -2.15. The average Bonchev–Trinajstić information content (AvgIpc) is 2.76. The van der Waals surface area contributed by atoms with E-state index in [0.29, 0.717) is 12.4 Å². The number of esters is 1. The molecule has 1 heterocycles. The van der Waals surface area contributed by atoms with Gasteiger partial charge in [0.15, 0.2) is 0 Å². The van der Waals surface area contributed by atoms with Crippen molar-refractivity contribution < 1.29 is 14.3 Å². The fourth-order valence-electron chi connectivity index (χ4n) is 2.82. The summed E-state index contributed by atoms with van der Waals surface area (Å²) in [6, 6.07) is 17.5. The van der Waals surface area contributed by atoms with Crippen LogP contribution < -0.4 is 15.4 Å². The monoisotopic (exact) mass is 392 g/mol. The smallest absolute Gasteiger partial charge is 0.325 e. The summed E-state index contributed by atoms with van der Waals surface area (Å²) in [5.41, 5.74) is 3.70. The van der Waals surface area contributed by atoms with Gasteiger partial charge in [-0.3, -0.25) is 4.79 Å². The van der Waals surface area contributed by atoms with Gasteiger partial charge in [0, 0.05) is 23.9 Å². The number of carbonyl (C=O) groups excluding carboxylic acids is 1. The zero-order valence-electron chi connectivity index (χ0n) is 16.7. The first-order chi connectivity index (χ1) is 14.1. The minimum absolute atomic E-state index is 0.127. The third kappa shape index (κ3) is 5.68. The van der Waals surface area contributed by atoms with Gasteiger partial charge in [0.05, 0.1) is 19.9 Å². The van der Waals surface area contributed by atoms with Gasteiger partial charge in [0.25, 0.3) is 0 Å². The molecule has 0 bridgehead atoms. The summed E-state index contributed by atoms with van der Waals surface area (Å²) < 4.78 is 9.95. The Hall–Kier alpha value is -3.61. The third-order valence-electron chi connectivity index (χ3n) is 4.27. The number of hydrogen-bond donors (Lipinski definition) is 2. The predicted octanol–water partition coefficient (Wildman–Crippen LogP) is 3.66. The van der Waals surface area contributed by atoms with E-state index in [0.717, 1.165) is 34.1 Å². The topological polar surface area (TPSA) is 85.4 Å². The maximum atomic E-state index is 11.3. The number of nitrogens with zero attached hydrogens (tertiary/aromatic N) is 2. The molecular weight excluding hydrogens is 368 g/mol. The van der Waals surface area contributed by atoms with Crippen LogP contribution in [0.25, 0.3) is 11.3 Å². The van der Waals surface area contributed by atoms with Crippen molar-refractivity contribution in [3.8, 4) is 17.0 Å². The second-order valence-corrected chi connectivity index (χ2v) is 6.40. The average molecular weight is 392 g/mol. The minimum Gasteiger partial charge on any atom is -0.497 e. The van der Waals surface area contributed by atoms with Gasteiger partial charge >= 0.3 is 5.97 Å². The quantitative estimate of drug-likeness (QED) is 0.566. The van der Waals surface area contributed by atoms with Crippen LogP contribution in [0.4, 0.5) is 11.5 Å². The van der Waals surface area contributed by atoms with Crippen molar-refractivity contribution >= 4 is 17.5 Å². The number of rotatable bonds is 8. The maximum absolute atomic E-state index is 11.3. The van der Waals surface area contributed by atoms with Crippen LogP contribution in [0.2, 0.25) is 0 Å². The number of aromatic nitrogens is 2. The Morgan fingerprint density at radius 1 is 1.00 bits per heavy atom.